The van der Waals surface area contributed by atoms with Crippen molar-refractivity contribution in [2.45, 2.75) is 6.92 Å². The first-order valence-electron chi connectivity index (χ1n) is 7.12. The number of benzene rings is 2. The van der Waals surface area contributed by atoms with Crippen molar-refractivity contribution in [3.8, 4) is 0 Å². The number of para-hydroxylation sites is 2. The van der Waals surface area contributed by atoms with Gasteiger partial charge in [0.15, 0.2) is 0 Å². The molecule has 0 aliphatic carbocycles. The molecule has 1 amide bonds. The monoisotopic (exact) mass is 314 g/mol. The van der Waals surface area contributed by atoms with Gasteiger partial charge in [-0.1, -0.05) is 18.2 Å². The summed E-state index contributed by atoms with van der Waals surface area (Å²) in [6.07, 6.45) is -0.523. The van der Waals surface area contributed by atoms with Gasteiger partial charge >= 0.3 is 12.1 Å². The minimum atomic E-state index is -0.523. The van der Waals surface area contributed by atoms with Crippen molar-refractivity contribution in [3.63, 3.8) is 0 Å². The second-order valence-electron chi connectivity index (χ2n) is 4.59. The number of carbonyl (C=O) groups is 2. The van der Waals surface area contributed by atoms with Gasteiger partial charge in [0.05, 0.1) is 30.7 Å². The molecule has 0 bridgehead atoms. The Labute approximate surface area is 134 Å². The molecule has 0 atom stereocenters. The molecule has 2 aromatic carbocycles. The largest absolute Gasteiger partial charge is 0.465 e. The fourth-order valence-electron chi connectivity index (χ4n) is 1.98. The predicted molar refractivity (Wildman–Crippen MR) is 88.2 cm³/mol. The Hall–Kier alpha value is -3.02. The number of nitrogens with one attached hydrogen (secondary N) is 2. The van der Waals surface area contributed by atoms with Crippen molar-refractivity contribution in [1.29, 1.82) is 0 Å². The molecule has 120 valence electrons. The fraction of sp³-hybridized carbons (Fsp3) is 0.176. The Morgan fingerprint density at radius 2 is 1.78 bits per heavy atom. The molecule has 0 spiro atoms. The molecule has 23 heavy (non-hydrogen) atoms. The van der Waals surface area contributed by atoms with E-state index in [2.05, 4.69) is 10.6 Å². The van der Waals surface area contributed by atoms with Gasteiger partial charge in [0.1, 0.15) is 0 Å². The molecule has 6 nitrogen and oxygen atoms in total. The van der Waals surface area contributed by atoms with Crippen LogP contribution >= 0.6 is 0 Å². The number of esters is 1. The second kappa shape index (κ2) is 7.84. The van der Waals surface area contributed by atoms with Crippen LogP contribution in [0.15, 0.2) is 48.5 Å². The van der Waals surface area contributed by atoms with Crippen LogP contribution in [0, 0.1) is 0 Å². The molecule has 0 saturated heterocycles. The van der Waals surface area contributed by atoms with Crippen molar-refractivity contribution < 1.29 is 19.1 Å². The summed E-state index contributed by atoms with van der Waals surface area (Å²) in [5.74, 6) is -0.411. The lowest BCUT2D eigenvalue weighted by Crippen LogP contribution is -2.14. The first kappa shape index (κ1) is 16.4. The summed E-state index contributed by atoms with van der Waals surface area (Å²) in [5.41, 5.74) is 2.40. The molecule has 0 aromatic heterocycles. The summed E-state index contributed by atoms with van der Waals surface area (Å²) in [5, 5.41) is 5.83. The third-order valence-corrected chi connectivity index (χ3v) is 3.00. The van der Waals surface area contributed by atoms with E-state index < -0.39 is 12.1 Å². The SMILES string of the molecule is CCOC(=O)Nc1ccccc1Nc1cccc(C(=O)OC)c1. The molecule has 0 fully saturated rings. The van der Waals surface area contributed by atoms with E-state index >= 15 is 0 Å². The van der Waals surface area contributed by atoms with Crippen LogP contribution in [-0.4, -0.2) is 25.8 Å². The van der Waals surface area contributed by atoms with Crippen molar-refractivity contribution >= 4 is 29.1 Å². The number of hydrogen-bond acceptors (Lipinski definition) is 5. The van der Waals surface area contributed by atoms with Gasteiger partial charge in [0, 0.05) is 5.69 Å². The molecule has 6 heteroatoms. The lowest BCUT2D eigenvalue weighted by atomic mass is 10.2. The zero-order chi connectivity index (χ0) is 16.7. The highest BCUT2D eigenvalue weighted by atomic mass is 16.5. The number of anilines is 3. The van der Waals surface area contributed by atoms with Crippen molar-refractivity contribution in [2.75, 3.05) is 24.4 Å². The van der Waals surface area contributed by atoms with E-state index in [0.29, 0.717) is 29.2 Å². The summed E-state index contributed by atoms with van der Waals surface area (Å²) in [7, 11) is 1.33. The maximum atomic E-state index is 11.6. The lowest BCUT2D eigenvalue weighted by molar-refractivity contribution is 0.0600. The smallest absolute Gasteiger partial charge is 0.411 e. The highest BCUT2D eigenvalue weighted by molar-refractivity contribution is 5.92. The van der Waals surface area contributed by atoms with Crippen LogP contribution in [0.2, 0.25) is 0 Å². The molecule has 0 unspecified atom stereocenters. The number of carbonyl (C=O) groups excluding carboxylic acids is 2. The van der Waals surface area contributed by atoms with Crippen LogP contribution in [0.25, 0.3) is 0 Å². The Bertz CT molecular complexity index is 700. The average Bonchev–Trinajstić information content (AvgIpc) is 2.56. The summed E-state index contributed by atoms with van der Waals surface area (Å²) < 4.78 is 9.58. The van der Waals surface area contributed by atoms with Crippen LogP contribution in [0.3, 0.4) is 0 Å². The summed E-state index contributed by atoms with van der Waals surface area (Å²) in [6, 6.07) is 14.1. The van der Waals surface area contributed by atoms with E-state index in [1.54, 1.807) is 37.3 Å². The van der Waals surface area contributed by atoms with E-state index in [9.17, 15) is 9.59 Å². The normalized spacial score (nSPS) is 9.83. The van der Waals surface area contributed by atoms with Gasteiger partial charge in [-0.25, -0.2) is 9.59 Å². The van der Waals surface area contributed by atoms with Crippen LogP contribution in [0.5, 0.6) is 0 Å². The van der Waals surface area contributed by atoms with Gasteiger partial charge in [-0.15, -0.1) is 0 Å². The highest BCUT2D eigenvalue weighted by Crippen LogP contribution is 2.26. The van der Waals surface area contributed by atoms with Crippen LogP contribution < -0.4 is 10.6 Å². The first-order valence-corrected chi connectivity index (χ1v) is 7.12. The van der Waals surface area contributed by atoms with Crippen LogP contribution in [0.1, 0.15) is 17.3 Å². The quantitative estimate of drug-likeness (QED) is 0.821. The van der Waals surface area contributed by atoms with Crippen molar-refractivity contribution in [1.82, 2.24) is 0 Å². The highest BCUT2D eigenvalue weighted by Gasteiger charge is 2.09. The van der Waals surface area contributed by atoms with Gasteiger partial charge in [-0.2, -0.15) is 0 Å². The number of methoxy groups -OCH3 is 1. The lowest BCUT2D eigenvalue weighted by Gasteiger charge is -2.13. The Morgan fingerprint density at radius 3 is 2.48 bits per heavy atom. The van der Waals surface area contributed by atoms with E-state index in [-0.39, 0.29) is 0 Å². The molecule has 2 N–H and O–H groups in total. The van der Waals surface area contributed by atoms with Crippen molar-refractivity contribution in [3.05, 3.63) is 54.1 Å². The Kier molecular flexibility index (Phi) is 5.57. The molecule has 0 aliphatic rings. The Morgan fingerprint density at radius 1 is 1.04 bits per heavy atom. The molecule has 0 heterocycles. The average molecular weight is 314 g/mol. The summed E-state index contributed by atoms with van der Waals surface area (Å²) in [4.78, 5) is 23.2. The number of ether oxygens (including phenoxy) is 2. The van der Waals surface area contributed by atoms with Gasteiger partial charge in [0.25, 0.3) is 0 Å². The van der Waals surface area contributed by atoms with Gasteiger partial charge < -0.3 is 14.8 Å². The van der Waals surface area contributed by atoms with E-state index in [1.807, 2.05) is 18.2 Å². The van der Waals surface area contributed by atoms with Gasteiger partial charge in [-0.05, 0) is 37.3 Å². The number of amides is 1. The summed E-state index contributed by atoms with van der Waals surface area (Å²) in [6.45, 7) is 2.03. The van der Waals surface area contributed by atoms with E-state index in [1.165, 1.54) is 7.11 Å². The molecule has 0 saturated carbocycles. The fourth-order valence-corrected chi connectivity index (χ4v) is 1.98. The zero-order valence-corrected chi connectivity index (χ0v) is 13.0. The van der Waals surface area contributed by atoms with E-state index in [0.717, 1.165) is 0 Å². The van der Waals surface area contributed by atoms with Gasteiger partial charge in [0.2, 0.25) is 0 Å². The predicted octanol–water partition coefficient (Wildman–Crippen LogP) is 3.79. The minimum Gasteiger partial charge on any atom is -0.465 e. The maximum absolute atomic E-state index is 11.6. The molecule has 2 rings (SSSR count). The van der Waals surface area contributed by atoms with Crippen LogP contribution in [-0.2, 0) is 9.47 Å². The zero-order valence-electron chi connectivity index (χ0n) is 13.0. The standard InChI is InChI=1S/C17H18N2O4/c1-3-23-17(21)19-15-10-5-4-9-14(15)18-13-8-6-7-12(11-13)16(20)22-2/h4-11,18H,3H2,1-2H3,(H,19,21). The third kappa shape index (κ3) is 4.47. The number of hydrogen-bond donors (Lipinski definition) is 2. The molecule has 0 radical (unpaired) electrons. The molecule has 2 aromatic rings. The molecular weight excluding hydrogens is 296 g/mol. The van der Waals surface area contributed by atoms with Crippen LogP contribution in [0.4, 0.5) is 21.9 Å². The van der Waals surface area contributed by atoms with E-state index in [4.69, 9.17) is 9.47 Å². The summed E-state index contributed by atoms with van der Waals surface area (Å²) >= 11 is 0. The third-order valence-electron chi connectivity index (χ3n) is 3.00. The Balaban J connectivity index is 2.20. The number of rotatable bonds is 5. The maximum Gasteiger partial charge on any atom is 0.411 e. The first-order chi connectivity index (χ1) is 11.1. The van der Waals surface area contributed by atoms with Crippen molar-refractivity contribution in [2.24, 2.45) is 0 Å². The second-order valence-corrected chi connectivity index (χ2v) is 4.59. The topological polar surface area (TPSA) is 76.7 Å². The van der Waals surface area contributed by atoms with Gasteiger partial charge in [-0.3, -0.25) is 5.32 Å². The molecular formula is C17H18N2O4. The minimum absolute atomic E-state index is 0.294. The molecule has 0 aliphatic heterocycles.